The van der Waals surface area contributed by atoms with Crippen LogP contribution in [0.5, 0.6) is 5.75 Å². The number of aliphatic hydroxyl groups is 1. The second-order valence-corrected chi connectivity index (χ2v) is 5.58. The molecule has 0 spiro atoms. The zero-order valence-corrected chi connectivity index (χ0v) is 12.6. The average molecular weight is 292 g/mol. The smallest absolute Gasteiger partial charge is 0.167 e. The largest absolute Gasteiger partial charge is 0.491 e. The van der Waals surface area contributed by atoms with Crippen LogP contribution in [0.15, 0.2) is 41.8 Å². The Morgan fingerprint density at radius 3 is 2.70 bits per heavy atom. The minimum atomic E-state index is -0.512. The van der Waals surface area contributed by atoms with Crippen LogP contribution < -0.4 is 4.74 Å². The van der Waals surface area contributed by atoms with Gasteiger partial charge in [-0.05, 0) is 24.1 Å². The molecular formula is C15H20N2O2S. The lowest BCUT2D eigenvalue weighted by molar-refractivity contribution is 0.126. The summed E-state index contributed by atoms with van der Waals surface area (Å²) in [7, 11) is 1.94. The van der Waals surface area contributed by atoms with Gasteiger partial charge in [-0.15, -0.1) is 0 Å². The van der Waals surface area contributed by atoms with Gasteiger partial charge in [0.1, 0.15) is 12.4 Å². The topological polar surface area (TPSA) is 47.3 Å². The van der Waals surface area contributed by atoms with E-state index in [1.165, 1.54) is 17.3 Å². The lowest BCUT2D eigenvalue weighted by Gasteiger charge is -2.12. The normalized spacial score (nSPS) is 12.3. The van der Waals surface area contributed by atoms with Crippen LogP contribution in [0.2, 0.25) is 0 Å². The summed E-state index contributed by atoms with van der Waals surface area (Å²) in [5.74, 6) is 1.36. The molecule has 1 heterocycles. The van der Waals surface area contributed by atoms with Gasteiger partial charge < -0.3 is 14.4 Å². The van der Waals surface area contributed by atoms with Crippen LogP contribution in [0.25, 0.3) is 0 Å². The number of aryl methyl sites for hydroxylation is 2. The van der Waals surface area contributed by atoms with Crippen molar-refractivity contribution in [2.24, 2.45) is 7.05 Å². The van der Waals surface area contributed by atoms with E-state index < -0.39 is 6.10 Å². The highest BCUT2D eigenvalue weighted by molar-refractivity contribution is 7.99. The summed E-state index contributed by atoms with van der Waals surface area (Å²) in [6.07, 6.45) is 4.15. The van der Waals surface area contributed by atoms with Crippen LogP contribution in [0.3, 0.4) is 0 Å². The molecule has 0 aliphatic carbocycles. The molecule has 0 bridgehead atoms. The zero-order chi connectivity index (χ0) is 14.4. The number of ether oxygens (including phenoxy) is 1. The summed E-state index contributed by atoms with van der Waals surface area (Å²) in [4.78, 5) is 4.20. The Morgan fingerprint density at radius 2 is 2.10 bits per heavy atom. The Morgan fingerprint density at radius 1 is 1.35 bits per heavy atom. The molecule has 2 rings (SSSR count). The Kier molecular flexibility index (Phi) is 5.49. The number of nitrogens with zero attached hydrogens (tertiary/aromatic N) is 2. The first-order valence-corrected chi connectivity index (χ1v) is 7.67. The minimum Gasteiger partial charge on any atom is -0.491 e. The first-order valence-electron chi connectivity index (χ1n) is 6.69. The van der Waals surface area contributed by atoms with Gasteiger partial charge in [-0.3, -0.25) is 0 Å². The summed E-state index contributed by atoms with van der Waals surface area (Å²) in [6.45, 7) is 2.41. The van der Waals surface area contributed by atoms with E-state index in [-0.39, 0.29) is 0 Å². The highest BCUT2D eigenvalue weighted by Crippen LogP contribution is 2.17. The van der Waals surface area contributed by atoms with Crippen molar-refractivity contribution in [3.8, 4) is 5.75 Å². The maximum atomic E-state index is 9.92. The molecule has 1 atom stereocenters. The fourth-order valence-electron chi connectivity index (χ4n) is 1.72. The molecule has 20 heavy (non-hydrogen) atoms. The second kappa shape index (κ2) is 7.36. The zero-order valence-electron chi connectivity index (χ0n) is 11.8. The number of thioether (sulfide) groups is 1. The molecule has 4 nitrogen and oxygen atoms in total. The molecule has 0 amide bonds. The molecule has 0 aliphatic rings. The van der Waals surface area contributed by atoms with Gasteiger partial charge in [-0.25, -0.2) is 4.98 Å². The third-order valence-corrected chi connectivity index (χ3v) is 4.16. The number of aliphatic hydroxyl groups excluding tert-OH is 1. The molecule has 0 fully saturated rings. The molecular weight excluding hydrogens is 272 g/mol. The maximum absolute atomic E-state index is 9.92. The number of rotatable bonds is 7. The lowest BCUT2D eigenvalue weighted by Crippen LogP contribution is -2.20. The Hall–Kier alpha value is -1.46. The number of hydrogen-bond donors (Lipinski definition) is 1. The van der Waals surface area contributed by atoms with Crippen molar-refractivity contribution in [1.82, 2.24) is 9.55 Å². The molecule has 108 valence electrons. The predicted octanol–water partition coefficient (Wildman–Crippen LogP) is 2.51. The Labute approximate surface area is 123 Å². The molecule has 0 aliphatic heterocycles. The van der Waals surface area contributed by atoms with Crippen molar-refractivity contribution in [2.45, 2.75) is 24.6 Å². The summed E-state index contributed by atoms with van der Waals surface area (Å²) >= 11 is 1.52. The van der Waals surface area contributed by atoms with Crippen LogP contribution in [0.1, 0.15) is 12.5 Å². The number of imidazole rings is 1. The third-order valence-electron chi connectivity index (χ3n) is 2.96. The van der Waals surface area contributed by atoms with E-state index in [4.69, 9.17) is 4.74 Å². The SMILES string of the molecule is CCc1ccc(OC[C@@H](O)CSc2nccn2C)cc1. The van der Waals surface area contributed by atoms with Crippen molar-refractivity contribution in [1.29, 1.82) is 0 Å². The molecule has 0 saturated heterocycles. The van der Waals surface area contributed by atoms with Crippen LogP contribution >= 0.6 is 11.8 Å². The molecule has 2 aromatic rings. The van der Waals surface area contributed by atoms with Crippen molar-refractivity contribution in [2.75, 3.05) is 12.4 Å². The molecule has 0 unspecified atom stereocenters. The van der Waals surface area contributed by atoms with E-state index in [1.54, 1.807) is 6.20 Å². The van der Waals surface area contributed by atoms with Gasteiger partial charge in [0.05, 0.1) is 6.10 Å². The standard InChI is InChI=1S/C15H20N2O2S/c1-3-12-4-6-14(7-5-12)19-10-13(18)11-20-15-16-8-9-17(15)2/h4-9,13,18H,3,10-11H2,1-2H3/t13-/m1/s1. The van der Waals surface area contributed by atoms with Crippen LogP contribution in [-0.2, 0) is 13.5 Å². The second-order valence-electron chi connectivity index (χ2n) is 4.59. The highest BCUT2D eigenvalue weighted by atomic mass is 32.2. The predicted molar refractivity (Wildman–Crippen MR) is 81.3 cm³/mol. The lowest BCUT2D eigenvalue weighted by atomic mass is 10.2. The van der Waals surface area contributed by atoms with Gasteiger partial charge in [0.15, 0.2) is 5.16 Å². The molecule has 5 heteroatoms. The Bertz CT molecular complexity index is 525. The van der Waals surface area contributed by atoms with Crippen molar-refractivity contribution < 1.29 is 9.84 Å². The van der Waals surface area contributed by atoms with Crippen LogP contribution in [-0.4, -0.2) is 33.1 Å². The highest BCUT2D eigenvalue weighted by Gasteiger charge is 2.08. The summed E-state index contributed by atoms with van der Waals surface area (Å²) in [5.41, 5.74) is 1.28. The quantitative estimate of drug-likeness (QED) is 0.797. The van der Waals surface area contributed by atoms with E-state index >= 15 is 0 Å². The maximum Gasteiger partial charge on any atom is 0.167 e. The summed E-state index contributed by atoms with van der Waals surface area (Å²) in [6, 6.07) is 7.98. The van der Waals surface area contributed by atoms with E-state index in [0.717, 1.165) is 17.3 Å². The van der Waals surface area contributed by atoms with E-state index in [0.29, 0.717) is 12.4 Å². The van der Waals surface area contributed by atoms with Gasteiger partial charge in [0, 0.05) is 25.2 Å². The third kappa shape index (κ3) is 4.28. The molecule has 0 saturated carbocycles. The van der Waals surface area contributed by atoms with E-state index in [1.807, 2.05) is 42.1 Å². The molecule has 1 N–H and O–H groups in total. The van der Waals surface area contributed by atoms with Gasteiger partial charge >= 0.3 is 0 Å². The van der Waals surface area contributed by atoms with Gasteiger partial charge in [0.25, 0.3) is 0 Å². The summed E-state index contributed by atoms with van der Waals surface area (Å²) < 4.78 is 7.51. The number of hydrogen-bond acceptors (Lipinski definition) is 4. The molecule has 1 aromatic heterocycles. The van der Waals surface area contributed by atoms with Gasteiger partial charge in [0.2, 0.25) is 0 Å². The van der Waals surface area contributed by atoms with Crippen molar-refractivity contribution >= 4 is 11.8 Å². The molecule has 1 aromatic carbocycles. The van der Waals surface area contributed by atoms with Gasteiger partial charge in [-0.1, -0.05) is 30.8 Å². The van der Waals surface area contributed by atoms with Crippen molar-refractivity contribution in [3.05, 3.63) is 42.2 Å². The monoisotopic (exact) mass is 292 g/mol. The van der Waals surface area contributed by atoms with E-state index in [9.17, 15) is 5.11 Å². The summed E-state index contributed by atoms with van der Waals surface area (Å²) in [5, 5.41) is 10.8. The van der Waals surface area contributed by atoms with Crippen LogP contribution in [0.4, 0.5) is 0 Å². The number of aromatic nitrogens is 2. The fraction of sp³-hybridized carbons (Fsp3) is 0.400. The first kappa shape index (κ1) is 14.9. The minimum absolute atomic E-state index is 0.295. The Balaban J connectivity index is 1.74. The first-order chi connectivity index (χ1) is 9.69. The van der Waals surface area contributed by atoms with Crippen LogP contribution in [0, 0.1) is 0 Å². The fourth-order valence-corrected chi connectivity index (χ4v) is 2.56. The van der Waals surface area contributed by atoms with E-state index in [2.05, 4.69) is 11.9 Å². The molecule has 0 radical (unpaired) electrons. The average Bonchev–Trinajstić information content (AvgIpc) is 2.89. The number of benzene rings is 1. The van der Waals surface area contributed by atoms with Gasteiger partial charge in [-0.2, -0.15) is 0 Å². The van der Waals surface area contributed by atoms with Crippen molar-refractivity contribution in [3.63, 3.8) is 0 Å².